The number of amides is 1. The Labute approximate surface area is 116 Å². The van der Waals surface area contributed by atoms with E-state index in [-0.39, 0.29) is 24.4 Å². The monoisotopic (exact) mass is 275 g/mol. The minimum absolute atomic E-state index is 0. The molecule has 18 heavy (non-hydrogen) atoms. The lowest BCUT2D eigenvalue weighted by Gasteiger charge is -2.28. The number of hydrogen-bond acceptors (Lipinski definition) is 3. The zero-order valence-electron chi connectivity index (χ0n) is 11.4. The van der Waals surface area contributed by atoms with Crippen LogP contribution < -0.4 is 10.6 Å². The number of nitrogens with one attached hydrogen (secondary N) is 2. The number of carbonyl (C=O) groups excluding carboxylic acids is 1. The molecule has 3 unspecified atom stereocenters. The number of rotatable bonds is 3. The van der Waals surface area contributed by atoms with Crippen molar-refractivity contribution in [1.29, 1.82) is 0 Å². The zero-order valence-corrected chi connectivity index (χ0v) is 12.3. The molecule has 0 aromatic carbocycles. The third-order valence-corrected chi connectivity index (χ3v) is 4.17. The number of piperidine rings is 1. The molecule has 2 aliphatic rings. The first-order valence-electron chi connectivity index (χ1n) is 6.88. The van der Waals surface area contributed by atoms with E-state index in [2.05, 4.69) is 29.5 Å². The van der Waals surface area contributed by atoms with Crippen molar-refractivity contribution in [3.05, 3.63) is 0 Å². The standard InChI is InChI=1S/C13H25N3O.ClH/c1-10-5-6-14-12(8-10)13(17)15-9-11-4-3-7-16(11)2;/h10-12,14H,3-9H2,1-2H3,(H,15,17);1H. The van der Waals surface area contributed by atoms with Gasteiger partial charge in [-0.1, -0.05) is 6.92 Å². The second-order valence-corrected chi connectivity index (χ2v) is 5.66. The molecule has 0 aliphatic carbocycles. The Morgan fingerprint density at radius 1 is 1.44 bits per heavy atom. The Morgan fingerprint density at radius 3 is 2.83 bits per heavy atom. The smallest absolute Gasteiger partial charge is 0.237 e. The quantitative estimate of drug-likeness (QED) is 0.808. The van der Waals surface area contributed by atoms with E-state index in [9.17, 15) is 4.79 Å². The van der Waals surface area contributed by atoms with Crippen LogP contribution in [0.1, 0.15) is 32.6 Å². The van der Waals surface area contributed by atoms with E-state index in [1.54, 1.807) is 0 Å². The van der Waals surface area contributed by atoms with Gasteiger partial charge in [0.15, 0.2) is 0 Å². The molecule has 0 radical (unpaired) electrons. The highest BCUT2D eigenvalue weighted by Gasteiger charge is 2.26. The molecule has 0 aromatic rings. The summed E-state index contributed by atoms with van der Waals surface area (Å²) in [6.45, 7) is 5.18. The van der Waals surface area contributed by atoms with Crippen molar-refractivity contribution in [2.24, 2.45) is 5.92 Å². The fourth-order valence-corrected chi connectivity index (χ4v) is 2.89. The fraction of sp³-hybridized carbons (Fsp3) is 0.923. The van der Waals surface area contributed by atoms with Gasteiger partial charge in [0, 0.05) is 12.6 Å². The average Bonchev–Trinajstić information content (AvgIpc) is 2.72. The summed E-state index contributed by atoms with van der Waals surface area (Å²) < 4.78 is 0. The lowest BCUT2D eigenvalue weighted by molar-refractivity contribution is -0.124. The molecule has 2 heterocycles. The van der Waals surface area contributed by atoms with E-state index in [0.29, 0.717) is 12.0 Å². The van der Waals surface area contributed by atoms with Gasteiger partial charge in [0.1, 0.15) is 0 Å². The van der Waals surface area contributed by atoms with Crippen molar-refractivity contribution in [2.45, 2.75) is 44.7 Å². The van der Waals surface area contributed by atoms with Crippen molar-refractivity contribution in [1.82, 2.24) is 15.5 Å². The van der Waals surface area contributed by atoms with Crippen LogP contribution in [-0.2, 0) is 4.79 Å². The summed E-state index contributed by atoms with van der Waals surface area (Å²) in [7, 11) is 2.14. The highest BCUT2D eigenvalue weighted by molar-refractivity contribution is 5.85. The van der Waals surface area contributed by atoms with Crippen LogP contribution >= 0.6 is 12.4 Å². The number of likely N-dealkylation sites (N-methyl/N-ethyl adjacent to an activating group) is 1. The van der Waals surface area contributed by atoms with E-state index < -0.39 is 0 Å². The van der Waals surface area contributed by atoms with Crippen LogP contribution in [0.4, 0.5) is 0 Å². The lowest BCUT2D eigenvalue weighted by Crippen LogP contribution is -2.50. The molecule has 4 nitrogen and oxygen atoms in total. The largest absolute Gasteiger partial charge is 0.353 e. The van der Waals surface area contributed by atoms with E-state index >= 15 is 0 Å². The summed E-state index contributed by atoms with van der Waals surface area (Å²) in [6, 6.07) is 0.574. The van der Waals surface area contributed by atoms with Gasteiger partial charge in [-0.2, -0.15) is 0 Å². The van der Waals surface area contributed by atoms with Crippen molar-refractivity contribution < 1.29 is 4.79 Å². The first-order valence-corrected chi connectivity index (χ1v) is 6.88. The summed E-state index contributed by atoms with van der Waals surface area (Å²) >= 11 is 0. The Balaban J connectivity index is 0.00000162. The maximum absolute atomic E-state index is 12.0. The second kappa shape index (κ2) is 7.31. The van der Waals surface area contributed by atoms with Crippen molar-refractivity contribution in [2.75, 3.05) is 26.7 Å². The van der Waals surface area contributed by atoms with Gasteiger partial charge in [0.2, 0.25) is 5.91 Å². The number of halogens is 1. The van der Waals surface area contributed by atoms with Crippen LogP contribution in [0.25, 0.3) is 0 Å². The van der Waals surface area contributed by atoms with Crippen LogP contribution in [0.15, 0.2) is 0 Å². The lowest BCUT2D eigenvalue weighted by atomic mass is 9.94. The molecule has 2 aliphatic heterocycles. The SMILES string of the molecule is CC1CCNC(C(=O)NCC2CCCN2C)C1.Cl. The van der Waals surface area contributed by atoms with Gasteiger partial charge in [-0.15, -0.1) is 12.4 Å². The minimum atomic E-state index is 0. The molecule has 0 bridgehead atoms. The van der Waals surface area contributed by atoms with Crippen LogP contribution in [0.3, 0.4) is 0 Å². The van der Waals surface area contributed by atoms with E-state index in [1.807, 2.05) is 0 Å². The molecule has 2 rings (SSSR count). The highest BCUT2D eigenvalue weighted by Crippen LogP contribution is 2.16. The van der Waals surface area contributed by atoms with Gasteiger partial charge in [-0.25, -0.2) is 0 Å². The predicted octanol–water partition coefficient (Wildman–Crippen LogP) is 1.01. The van der Waals surface area contributed by atoms with Crippen LogP contribution in [0.2, 0.25) is 0 Å². The van der Waals surface area contributed by atoms with Crippen LogP contribution in [0.5, 0.6) is 0 Å². The molecular weight excluding hydrogens is 250 g/mol. The third kappa shape index (κ3) is 4.11. The Bertz CT molecular complexity index is 275. The summed E-state index contributed by atoms with van der Waals surface area (Å²) in [5.74, 6) is 0.859. The first-order chi connectivity index (χ1) is 8.16. The molecule has 0 aromatic heterocycles. The van der Waals surface area contributed by atoms with E-state index in [0.717, 1.165) is 19.5 Å². The predicted molar refractivity (Wildman–Crippen MR) is 76.1 cm³/mol. The minimum Gasteiger partial charge on any atom is -0.353 e. The van der Waals surface area contributed by atoms with Gasteiger partial charge in [0.05, 0.1) is 6.04 Å². The van der Waals surface area contributed by atoms with Crippen LogP contribution in [0, 0.1) is 5.92 Å². The Kier molecular flexibility index (Phi) is 6.39. The molecule has 0 spiro atoms. The maximum Gasteiger partial charge on any atom is 0.237 e. The molecular formula is C13H26ClN3O. The van der Waals surface area contributed by atoms with Gasteiger partial charge >= 0.3 is 0 Å². The Hall–Kier alpha value is -0.320. The van der Waals surface area contributed by atoms with Gasteiger partial charge in [-0.05, 0) is 51.7 Å². The second-order valence-electron chi connectivity index (χ2n) is 5.66. The van der Waals surface area contributed by atoms with E-state index in [1.165, 1.54) is 25.8 Å². The molecule has 3 atom stereocenters. The normalized spacial score (nSPS) is 32.9. The molecule has 2 saturated heterocycles. The Morgan fingerprint density at radius 2 is 2.22 bits per heavy atom. The molecule has 106 valence electrons. The molecule has 0 saturated carbocycles. The van der Waals surface area contributed by atoms with Crippen molar-refractivity contribution >= 4 is 18.3 Å². The molecule has 1 amide bonds. The molecule has 5 heteroatoms. The van der Waals surface area contributed by atoms with Gasteiger partial charge in [0.25, 0.3) is 0 Å². The van der Waals surface area contributed by atoms with Crippen molar-refractivity contribution in [3.8, 4) is 0 Å². The number of likely N-dealkylation sites (tertiary alicyclic amines) is 1. The maximum atomic E-state index is 12.0. The topological polar surface area (TPSA) is 44.4 Å². The van der Waals surface area contributed by atoms with Gasteiger partial charge < -0.3 is 15.5 Å². The first kappa shape index (κ1) is 15.7. The number of nitrogens with zero attached hydrogens (tertiary/aromatic N) is 1. The number of hydrogen-bond donors (Lipinski definition) is 2. The third-order valence-electron chi connectivity index (χ3n) is 4.17. The highest BCUT2D eigenvalue weighted by atomic mass is 35.5. The van der Waals surface area contributed by atoms with Crippen molar-refractivity contribution in [3.63, 3.8) is 0 Å². The molecule has 2 fully saturated rings. The summed E-state index contributed by atoms with van der Waals surface area (Å²) in [4.78, 5) is 14.4. The fourth-order valence-electron chi connectivity index (χ4n) is 2.89. The summed E-state index contributed by atoms with van der Waals surface area (Å²) in [5, 5.41) is 6.41. The summed E-state index contributed by atoms with van der Waals surface area (Å²) in [5.41, 5.74) is 0. The summed E-state index contributed by atoms with van der Waals surface area (Å²) in [6.07, 6.45) is 4.64. The van der Waals surface area contributed by atoms with Gasteiger partial charge in [-0.3, -0.25) is 4.79 Å². The molecule has 2 N–H and O–H groups in total. The number of carbonyl (C=O) groups is 1. The zero-order chi connectivity index (χ0) is 12.3. The van der Waals surface area contributed by atoms with Crippen LogP contribution in [-0.4, -0.2) is 49.6 Å². The van der Waals surface area contributed by atoms with E-state index in [4.69, 9.17) is 0 Å². The average molecular weight is 276 g/mol.